The van der Waals surface area contributed by atoms with Crippen molar-refractivity contribution in [3.05, 3.63) is 50.0 Å². The molecule has 0 aliphatic carbocycles. The molecule has 1 unspecified atom stereocenters. The van der Waals surface area contributed by atoms with Crippen molar-refractivity contribution in [2.45, 2.75) is 38.9 Å². The van der Waals surface area contributed by atoms with E-state index in [1.54, 1.807) is 6.92 Å². The van der Waals surface area contributed by atoms with Gasteiger partial charge in [-0.1, -0.05) is 13.8 Å². The summed E-state index contributed by atoms with van der Waals surface area (Å²) in [5.41, 5.74) is -0.948. The highest BCUT2D eigenvalue weighted by Crippen LogP contribution is 2.36. The second kappa shape index (κ2) is 6.76. The van der Waals surface area contributed by atoms with Crippen LogP contribution in [0.2, 0.25) is 0 Å². The Balaban J connectivity index is 2.29. The minimum atomic E-state index is -4.63. The lowest BCUT2D eigenvalue weighted by molar-refractivity contribution is -0.384. The van der Waals surface area contributed by atoms with E-state index in [9.17, 15) is 23.3 Å². The third-order valence-corrected chi connectivity index (χ3v) is 4.53. The van der Waals surface area contributed by atoms with Gasteiger partial charge in [0.15, 0.2) is 0 Å². The maximum Gasteiger partial charge on any atom is 0.416 e. The molecule has 0 saturated heterocycles. The molecule has 0 fully saturated rings. The van der Waals surface area contributed by atoms with Gasteiger partial charge in [-0.25, -0.2) is 4.98 Å². The molecule has 1 N–H and O–H groups in total. The first-order valence-corrected chi connectivity index (χ1v) is 8.05. The van der Waals surface area contributed by atoms with Crippen LogP contribution in [0.15, 0.2) is 23.6 Å². The molecule has 0 aliphatic rings. The quantitative estimate of drug-likeness (QED) is 0.576. The molecular weight excluding hydrogens is 343 g/mol. The van der Waals surface area contributed by atoms with Gasteiger partial charge in [0.2, 0.25) is 0 Å². The third kappa shape index (κ3) is 4.02. The lowest BCUT2D eigenvalue weighted by atomic mass is 10.1. The molecule has 2 rings (SSSR count). The normalized spacial score (nSPS) is 13.1. The molecule has 5 nitrogen and oxygen atoms in total. The van der Waals surface area contributed by atoms with E-state index in [4.69, 9.17) is 0 Å². The van der Waals surface area contributed by atoms with Crippen molar-refractivity contribution in [2.24, 2.45) is 0 Å². The van der Waals surface area contributed by atoms with Crippen LogP contribution in [-0.4, -0.2) is 9.91 Å². The van der Waals surface area contributed by atoms with Crippen LogP contribution in [0.3, 0.4) is 0 Å². The summed E-state index contributed by atoms with van der Waals surface area (Å²) in [7, 11) is 0. The number of nitrogens with one attached hydrogen (secondary N) is 1. The lowest BCUT2D eigenvalue weighted by Crippen LogP contribution is -2.11. The summed E-state index contributed by atoms with van der Waals surface area (Å²) < 4.78 is 38.2. The average molecular weight is 359 g/mol. The minimum absolute atomic E-state index is 0.0274. The van der Waals surface area contributed by atoms with E-state index in [-0.39, 0.29) is 17.6 Å². The van der Waals surface area contributed by atoms with Crippen LogP contribution in [0.5, 0.6) is 0 Å². The molecule has 1 heterocycles. The molecule has 0 saturated carbocycles. The molecule has 0 amide bonds. The third-order valence-electron chi connectivity index (χ3n) is 3.37. The molecule has 130 valence electrons. The Morgan fingerprint density at radius 3 is 2.46 bits per heavy atom. The molecule has 1 aromatic heterocycles. The zero-order valence-electron chi connectivity index (χ0n) is 13.2. The summed E-state index contributed by atoms with van der Waals surface area (Å²) >= 11 is 1.48. The van der Waals surface area contributed by atoms with E-state index >= 15 is 0 Å². The van der Waals surface area contributed by atoms with Crippen molar-refractivity contribution >= 4 is 22.7 Å². The molecule has 0 aliphatic heterocycles. The molecule has 24 heavy (non-hydrogen) atoms. The van der Waals surface area contributed by atoms with Gasteiger partial charge in [0.1, 0.15) is 5.69 Å². The van der Waals surface area contributed by atoms with Crippen LogP contribution >= 0.6 is 11.3 Å². The Labute approximate surface area is 140 Å². The predicted molar refractivity (Wildman–Crippen MR) is 86.3 cm³/mol. The van der Waals surface area contributed by atoms with Crippen molar-refractivity contribution in [2.75, 3.05) is 5.32 Å². The highest BCUT2D eigenvalue weighted by Gasteiger charge is 2.33. The summed E-state index contributed by atoms with van der Waals surface area (Å²) in [4.78, 5) is 14.7. The van der Waals surface area contributed by atoms with E-state index in [1.165, 1.54) is 11.3 Å². The van der Waals surface area contributed by atoms with E-state index in [0.29, 0.717) is 11.8 Å². The first-order valence-electron chi connectivity index (χ1n) is 7.17. The number of benzene rings is 1. The number of hydrogen-bond donors (Lipinski definition) is 1. The first kappa shape index (κ1) is 18.2. The Morgan fingerprint density at radius 2 is 1.96 bits per heavy atom. The largest absolute Gasteiger partial charge is 0.416 e. The zero-order valence-corrected chi connectivity index (χ0v) is 14.0. The van der Waals surface area contributed by atoms with Crippen LogP contribution < -0.4 is 5.32 Å². The Morgan fingerprint density at radius 1 is 1.29 bits per heavy atom. The van der Waals surface area contributed by atoms with Crippen molar-refractivity contribution in [3.63, 3.8) is 0 Å². The van der Waals surface area contributed by atoms with Crippen molar-refractivity contribution in [1.29, 1.82) is 0 Å². The van der Waals surface area contributed by atoms with Gasteiger partial charge in [-0.2, -0.15) is 13.2 Å². The molecule has 2 aromatic rings. The zero-order chi connectivity index (χ0) is 18.1. The molecule has 0 spiro atoms. The van der Waals surface area contributed by atoms with Crippen LogP contribution in [0.25, 0.3) is 0 Å². The number of nitro groups is 1. The predicted octanol–water partition coefficient (Wildman–Crippen LogP) is 5.37. The maximum atomic E-state index is 12.7. The summed E-state index contributed by atoms with van der Waals surface area (Å²) in [6.45, 7) is 5.75. The van der Waals surface area contributed by atoms with E-state index < -0.39 is 22.4 Å². The fourth-order valence-corrected chi connectivity index (χ4v) is 2.98. The highest BCUT2D eigenvalue weighted by atomic mass is 32.1. The van der Waals surface area contributed by atoms with Crippen LogP contribution in [0, 0.1) is 10.1 Å². The van der Waals surface area contributed by atoms with Gasteiger partial charge >= 0.3 is 6.18 Å². The van der Waals surface area contributed by atoms with Gasteiger partial charge in [-0.05, 0) is 19.1 Å². The second-order valence-electron chi connectivity index (χ2n) is 5.62. The van der Waals surface area contributed by atoms with Crippen molar-refractivity contribution in [3.8, 4) is 0 Å². The number of aromatic nitrogens is 1. The Kier molecular flexibility index (Phi) is 5.12. The molecular formula is C15H16F3N3O2S. The van der Waals surface area contributed by atoms with Crippen LogP contribution in [0.1, 0.15) is 49.0 Å². The van der Waals surface area contributed by atoms with Crippen LogP contribution in [0.4, 0.5) is 24.5 Å². The standard InChI is InChI=1S/C15H16F3N3O2S/c1-8(2)14-20-12(7-24-14)9(3)19-11-5-4-10(15(16,17)18)6-13(11)21(22)23/h4-9,19H,1-3H3. The highest BCUT2D eigenvalue weighted by molar-refractivity contribution is 7.09. The molecule has 1 atom stereocenters. The van der Waals surface area contributed by atoms with Gasteiger partial charge in [0.05, 0.1) is 27.2 Å². The summed E-state index contributed by atoms with van der Waals surface area (Å²) in [5.74, 6) is 0.261. The van der Waals surface area contributed by atoms with Gasteiger partial charge in [0.25, 0.3) is 5.69 Å². The number of hydrogen-bond acceptors (Lipinski definition) is 5. The summed E-state index contributed by atoms with van der Waals surface area (Å²) in [6, 6.07) is 2.06. The van der Waals surface area contributed by atoms with Gasteiger partial charge in [-0.3, -0.25) is 10.1 Å². The van der Waals surface area contributed by atoms with E-state index in [2.05, 4.69) is 10.3 Å². The van der Waals surface area contributed by atoms with Crippen LogP contribution in [-0.2, 0) is 6.18 Å². The maximum absolute atomic E-state index is 12.7. The SMILES string of the molecule is CC(C)c1nc(C(C)Nc2ccc(C(F)(F)F)cc2[N+](=O)[O-])cs1. The number of anilines is 1. The Hall–Kier alpha value is -2.16. The van der Waals surface area contributed by atoms with E-state index in [0.717, 1.165) is 17.1 Å². The average Bonchev–Trinajstić information content (AvgIpc) is 2.96. The first-order chi connectivity index (χ1) is 11.1. The molecule has 9 heteroatoms. The monoisotopic (exact) mass is 359 g/mol. The van der Waals surface area contributed by atoms with Crippen molar-refractivity contribution in [1.82, 2.24) is 4.98 Å². The number of rotatable bonds is 5. The van der Waals surface area contributed by atoms with Gasteiger partial charge in [0, 0.05) is 17.4 Å². The smallest absolute Gasteiger partial charge is 0.371 e. The number of halogens is 3. The number of alkyl halides is 3. The number of nitrogens with zero attached hydrogens (tertiary/aromatic N) is 2. The minimum Gasteiger partial charge on any atom is -0.371 e. The summed E-state index contributed by atoms with van der Waals surface area (Å²) in [5, 5.41) is 16.7. The fourth-order valence-electron chi connectivity index (χ4n) is 2.05. The summed E-state index contributed by atoms with van der Waals surface area (Å²) in [6.07, 6.45) is -4.63. The molecule has 0 radical (unpaired) electrons. The van der Waals surface area contributed by atoms with E-state index in [1.807, 2.05) is 19.2 Å². The number of thiazole rings is 1. The lowest BCUT2D eigenvalue weighted by Gasteiger charge is -2.14. The second-order valence-corrected chi connectivity index (χ2v) is 6.51. The van der Waals surface area contributed by atoms with Crippen molar-refractivity contribution < 1.29 is 18.1 Å². The Bertz CT molecular complexity index is 744. The number of nitro benzene ring substituents is 1. The molecule has 1 aromatic carbocycles. The van der Waals surface area contributed by atoms with Gasteiger partial charge < -0.3 is 5.32 Å². The molecule has 0 bridgehead atoms. The fraction of sp³-hybridized carbons (Fsp3) is 0.400. The topological polar surface area (TPSA) is 68.1 Å². The van der Waals surface area contributed by atoms with Gasteiger partial charge in [-0.15, -0.1) is 11.3 Å².